The van der Waals surface area contributed by atoms with Gasteiger partial charge in [-0.15, -0.1) is 0 Å². The van der Waals surface area contributed by atoms with Gasteiger partial charge in [-0.1, -0.05) is 17.7 Å². The number of hydrogen-bond donors (Lipinski definition) is 3. The Bertz CT molecular complexity index is 757. The number of hydrogen-bond acceptors (Lipinski definition) is 4. The fourth-order valence-electron chi connectivity index (χ4n) is 1.87. The zero-order valence-electron chi connectivity index (χ0n) is 12.1. The molecule has 6 heteroatoms. The molecule has 0 aliphatic carbocycles. The number of hydrazone groups is 1. The summed E-state index contributed by atoms with van der Waals surface area (Å²) in [4.78, 5) is 12.0. The van der Waals surface area contributed by atoms with Crippen molar-refractivity contribution in [1.82, 2.24) is 5.43 Å². The summed E-state index contributed by atoms with van der Waals surface area (Å²) in [5.74, 6) is -0.499. The Hall–Kier alpha value is -2.53. The first-order chi connectivity index (χ1) is 10.4. The molecule has 0 unspecified atom stereocenters. The molecular formula is C16H15ClN2O3. The number of nitrogens with one attached hydrogen (secondary N) is 1. The molecule has 2 aromatic carbocycles. The Morgan fingerprint density at radius 1 is 1.14 bits per heavy atom. The van der Waals surface area contributed by atoms with E-state index in [2.05, 4.69) is 10.5 Å². The summed E-state index contributed by atoms with van der Waals surface area (Å²) >= 11 is 6.02. The molecule has 0 saturated carbocycles. The summed E-state index contributed by atoms with van der Waals surface area (Å²) in [7, 11) is 0. The molecule has 0 aliphatic rings. The maximum absolute atomic E-state index is 12.0. The van der Waals surface area contributed by atoms with Crippen LogP contribution >= 0.6 is 11.6 Å². The van der Waals surface area contributed by atoms with Crippen molar-refractivity contribution in [1.29, 1.82) is 0 Å². The second kappa shape index (κ2) is 6.49. The summed E-state index contributed by atoms with van der Waals surface area (Å²) < 4.78 is 0. The first kappa shape index (κ1) is 15.9. The predicted molar refractivity (Wildman–Crippen MR) is 85.6 cm³/mol. The van der Waals surface area contributed by atoms with Crippen molar-refractivity contribution in [3.63, 3.8) is 0 Å². The van der Waals surface area contributed by atoms with Crippen LogP contribution in [0.5, 0.6) is 11.5 Å². The molecule has 0 aliphatic heterocycles. The third-order valence-corrected chi connectivity index (χ3v) is 3.38. The van der Waals surface area contributed by atoms with Crippen LogP contribution in [0.25, 0.3) is 0 Å². The number of aromatic hydroxyl groups is 2. The largest absolute Gasteiger partial charge is 0.508 e. The Labute approximate surface area is 132 Å². The first-order valence-corrected chi connectivity index (χ1v) is 6.89. The number of benzene rings is 2. The van der Waals surface area contributed by atoms with E-state index in [4.69, 9.17) is 11.6 Å². The van der Waals surface area contributed by atoms with Gasteiger partial charge in [-0.25, -0.2) is 5.43 Å². The number of phenols is 2. The van der Waals surface area contributed by atoms with Gasteiger partial charge in [0.15, 0.2) is 0 Å². The summed E-state index contributed by atoms with van der Waals surface area (Å²) in [6, 6.07) is 9.15. The lowest BCUT2D eigenvalue weighted by Crippen LogP contribution is -2.19. The van der Waals surface area contributed by atoms with Crippen LogP contribution < -0.4 is 5.43 Å². The molecule has 0 saturated heterocycles. The van der Waals surface area contributed by atoms with Crippen LogP contribution in [-0.4, -0.2) is 21.8 Å². The van der Waals surface area contributed by atoms with Gasteiger partial charge in [0.1, 0.15) is 11.5 Å². The molecule has 0 bridgehead atoms. The summed E-state index contributed by atoms with van der Waals surface area (Å²) in [6.07, 6.45) is 0. The van der Waals surface area contributed by atoms with Crippen LogP contribution in [0.4, 0.5) is 0 Å². The quantitative estimate of drug-likeness (QED) is 0.461. The van der Waals surface area contributed by atoms with Crippen LogP contribution in [-0.2, 0) is 0 Å². The molecule has 114 valence electrons. The third-order valence-electron chi connectivity index (χ3n) is 3.06. The second-order valence-electron chi connectivity index (χ2n) is 4.82. The number of carbonyl (C=O) groups excluding carboxylic acids is 1. The standard InChI is InChI=1S/C16H15ClN2O3/c1-9-3-5-12(14(17)7-9)16(22)19-18-10(2)13-8-11(20)4-6-15(13)21/h3-8,20-21H,1-2H3,(H,19,22)/b18-10-. The Morgan fingerprint density at radius 2 is 1.86 bits per heavy atom. The van der Waals surface area contributed by atoms with E-state index in [1.54, 1.807) is 25.1 Å². The maximum Gasteiger partial charge on any atom is 0.272 e. The van der Waals surface area contributed by atoms with Crippen LogP contribution in [0.1, 0.15) is 28.4 Å². The average Bonchev–Trinajstić information content (AvgIpc) is 2.47. The topological polar surface area (TPSA) is 81.9 Å². The number of carbonyl (C=O) groups is 1. The number of aryl methyl sites for hydroxylation is 1. The smallest absolute Gasteiger partial charge is 0.272 e. The molecule has 2 aromatic rings. The highest BCUT2D eigenvalue weighted by molar-refractivity contribution is 6.33. The van der Waals surface area contributed by atoms with Crippen molar-refractivity contribution in [2.75, 3.05) is 0 Å². The number of nitrogens with zero attached hydrogens (tertiary/aromatic N) is 1. The molecular weight excluding hydrogens is 304 g/mol. The Balaban J connectivity index is 2.20. The highest BCUT2D eigenvalue weighted by Crippen LogP contribution is 2.22. The van der Waals surface area contributed by atoms with Crippen molar-refractivity contribution in [2.24, 2.45) is 5.10 Å². The minimum Gasteiger partial charge on any atom is -0.508 e. The van der Waals surface area contributed by atoms with Gasteiger partial charge in [-0.2, -0.15) is 5.10 Å². The number of amides is 1. The van der Waals surface area contributed by atoms with E-state index in [-0.39, 0.29) is 11.5 Å². The molecule has 0 heterocycles. The molecule has 1 amide bonds. The molecule has 0 aromatic heterocycles. The summed E-state index contributed by atoms with van der Waals surface area (Å²) in [5, 5.41) is 23.4. The SMILES string of the molecule is C/C(=N/NC(=O)c1ccc(C)cc1Cl)c1cc(O)ccc1O. The monoisotopic (exact) mass is 318 g/mol. The number of phenolic OH excluding ortho intramolecular Hbond substituents is 2. The third kappa shape index (κ3) is 3.56. The summed E-state index contributed by atoms with van der Waals surface area (Å²) in [6.45, 7) is 3.48. The van der Waals surface area contributed by atoms with E-state index < -0.39 is 5.91 Å². The zero-order chi connectivity index (χ0) is 16.3. The average molecular weight is 319 g/mol. The van der Waals surface area contributed by atoms with Crippen molar-refractivity contribution < 1.29 is 15.0 Å². The van der Waals surface area contributed by atoms with Gasteiger partial charge in [0.25, 0.3) is 5.91 Å². The molecule has 0 fully saturated rings. The molecule has 0 spiro atoms. The zero-order valence-corrected chi connectivity index (χ0v) is 12.8. The van der Waals surface area contributed by atoms with E-state index in [1.807, 2.05) is 6.92 Å². The number of halogens is 1. The van der Waals surface area contributed by atoms with Gasteiger partial charge in [-0.05, 0) is 49.7 Å². The molecule has 0 radical (unpaired) electrons. The van der Waals surface area contributed by atoms with Crippen molar-refractivity contribution in [3.8, 4) is 11.5 Å². The molecule has 3 N–H and O–H groups in total. The predicted octanol–water partition coefficient (Wildman–Crippen LogP) is 3.21. The van der Waals surface area contributed by atoms with Crippen LogP contribution in [0.2, 0.25) is 5.02 Å². The van der Waals surface area contributed by atoms with Crippen LogP contribution in [0.3, 0.4) is 0 Å². The molecule has 2 rings (SSSR count). The Kier molecular flexibility index (Phi) is 4.68. The van der Waals surface area contributed by atoms with Gasteiger partial charge in [0.05, 0.1) is 16.3 Å². The van der Waals surface area contributed by atoms with Crippen molar-refractivity contribution in [2.45, 2.75) is 13.8 Å². The van der Waals surface area contributed by atoms with E-state index >= 15 is 0 Å². The first-order valence-electron chi connectivity index (χ1n) is 6.51. The minimum absolute atomic E-state index is 0.00439. The van der Waals surface area contributed by atoms with Crippen molar-refractivity contribution >= 4 is 23.2 Å². The van der Waals surface area contributed by atoms with Crippen LogP contribution in [0.15, 0.2) is 41.5 Å². The highest BCUT2D eigenvalue weighted by atomic mass is 35.5. The second-order valence-corrected chi connectivity index (χ2v) is 5.23. The number of rotatable bonds is 3. The highest BCUT2D eigenvalue weighted by Gasteiger charge is 2.11. The van der Waals surface area contributed by atoms with Gasteiger partial charge in [-0.3, -0.25) is 4.79 Å². The lowest BCUT2D eigenvalue weighted by atomic mass is 10.1. The van der Waals surface area contributed by atoms with Gasteiger partial charge in [0.2, 0.25) is 0 Å². The van der Waals surface area contributed by atoms with Gasteiger partial charge in [0, 0.05) is 5.56 Å². The fourth-order valence-corrected chi connectivity index (χ4v) is 2.19. The van der Waals surface area contributed by atoms with Gasteiger partial charge < -0.3 is 10.2 Å². The van der Waals surface area contributed by atoms with Crippen LogP contribution in [0, 0.1) is 6.92 Å². The van der Waals surface area contributed by atoms with E-state index in [9.17, 15) is 15.0 Å². The maximum atomic E-state index is 12.0. The Morgan fingerprint density at radius 3 is 2.55 bits per heavy atom. The van der Waals surface area contributed by atoms with Crippen molar-refractivity contribution in [3.05, 3.63) is 58.1 Å². The molecule has 0 atom stereocenters. The molecule has 5 nitrogen and oxygen atoms in total. The van der Waals surface area contributed by atoms with E-state index in [0.717, 1.165) is 5.56 Å². The van der Waals surface area contributed by atoms with E-state index in [0.29, 0.717) is 21.9 Å². The molecule has 22 heavy (non-hydrogen) atoms. The van der Waals surface area contributed by atoms with Gasteiger partial charge >= 0.3 is 0 Å². The normalized spacial score (nSPS) is 11.3. The summed E-state index contributed by atoms with van der Waals surface area (Å²) in [5.41, 5.74) is 4.32. The lowest BCUT2D eigenvalue weighted by molar-refractivity contribution is 0.0955. The lowest BCUT2D eigenvalue weighted by Gasteiger charge is -2.07. The fraction of sp³-hybridized carbons (Fsp3) is 0.125. The van der Waals surface area contributed by atoms with E-state index in [1.165, 1.54) is 18.2 Å². The minimum atomic E-state index is -0.455.